The number of hydrogen-bond donors (Lipinski definition) is 0. The van der Waals surface area contributed by atoms with Gasteiger partial charge in [0, 0.05) is 36.4 Å². The molecule has 0 radical (unpaired) electrons. The van der Waals surface area contributed by atoms with E-state index < -0.39 is 0 Å². The summed E-state index contributed by atoms with van der Waals surface area (Å²) in [7, 11) is 0. The van der Waals surface area contributed by atoms with Crippen molar-refractivity contribution in [2.75, 3.05) is 24.5 Å². The maximum absolute atomic E-state index is 11.2. The van der Waals surface area contributed by atoms with Crippen molar-refractivity contribution in [1.29, 1.82) is 0 Å². The van der Waals surface area contributed by atoms with Gasteiger partial charge in [0.25, 0.3) is 0 Å². The molecule has 2 unspecified atom stereocenters. The second-order valence-electron chi connectivity index (χ2n) is 5.47. The lowest BCUT2D eigenvalue weighted by Crippen LogP contribution is -2.55. The normalized spacial score (nSPS) is 28.2. The maximum atomic E-state index is 11.2. The average Bonchev–Trinajstić information content (AvgIpc) is 2.84. The highest BCUT2D eigenvalue weighted by molar-refractivity contribution is 5.84. The molecular weight excluding hydrogens is 224 g/mol. The van der Waals surface area contributed by atoms with Crippen molar-refractivity contribution in [3.63, 3.8) is 0 Å². The van der Waals surface area contributed by atoms with Gasteiger partial charge in [-0.05, 0) is 38.4 Å². The van der Waals surface area contributed by atoms with Crippen molar-refractivity contribution >= 4 is 12.0 Å². The van der Waals surface area contributed by atoms with E-state index in [1.807, 2.05) is 18.2 Å². The molecule has 0 spiro atoms. The van der Waals surface area contributed by atoms with Crippen LogP contribution in [0.25, 0.3) is 0 Å². The van der Waals surface area contributed by atoms with Crippen LogP contribution in [0.1, 0.15) is 30.1 Å². The lowest BCUT2D eigenvalue weighted by atomic mass is 10.0. The third-order valence-corrected chi connectivity index (χ3v) is 4.31. The Balaban J connectivity index is 1.88. The van der Waals surface area contributed by atoms with Gasteiger partial charge in [-0.3, -0.25) is 9.69 Å². The van der Waals surface area contributed by atoms with E-state index >= 15 is 0 Å². The van der Waals surface area contributed by atoms with E-state index in [4.69, 9.17) is 0 Å². The Labute approximate surface area is 108 Å². The molecule has 18 heavy (non-hydrogen) atoms. The van der Waals surface area contributed by atoms with Crippen LogP contribution in [0.3, 0.4) is 0 Å². The number of nitrogens with zero attached hydrogens (tertiary/aromatic N) is 2. The number of hydrogen-bond acceptors (Lipinski definition) is 3. The zero-order chi connectivity index (χ0) is 12.5. The van der Waals surface area contributed by atoms with Gasteiger partial charge < -0.3 is 4.90 Å². The van der Waals surface area contributed by atoms with Crippen molar-refractivity contribution in [2.24, 2.45) is 0 Å². The SMILES string of the molecule is CC1CN2CCCC2CN1c1ccccc1C=O. The zero-order valence-corrected chi connectivity index (χ0v) is 10.9. The van der Waals surface area contributed by atoms with E-state index in [1.165, 1.54) is 19.4 Å². The molecule has 2 aliphatic heterocycles. The molecule has 0 bridgehead atoms. The third-order valence-electron chi connectivity index (χ3n) is 4.31. The highest BCUT2D eigenvalue weighted by atomic mass is 16.1. The van der Waals surface area contributed by atoms with Gasteiger partial charge in [0.05, 0.1) is 0 Å². The van der Waals surface area contributed by atoms with Crippen molar-refractivity contribution in [3.8, 4) is 0 Å². The Bertz CT molecular complexity index is 446. The molecule has 0 aromatic heterocycles. The fourth-order valence-electron chi connectivity index (χ4n) is 3.37. The molecule has 1 aromatic carbocycles. The minimum Gasteiger partial charge on any atom is -0.365 e. The number of benzene rings is 1. The first-order valence-corrected chi connectivity index (χ1v) is 6.84. The molecule has 3 rings (SSSR count). The predicted molar refractivity (Wildman–Crippen MR) is 73.2 cm³/mol. The van der Waals surface area contributed by atoms with Crippen LogP contribution in [0.4, 0.5) is 5.69 Å². The Kier molecular flexibility index (Phi) is 3.08. The first kappa shape index (κ1) is 11.7. The van der Waals surface area contributed by atoms with E-state index in [9.17, 15) is 4.79 Å². The second kappa shape index (κ2) is 4.73. The molecule has 2 saturated heterocycles. The quantitative estimate of drug-likeness (QED) is 0.745. The first-order valence-electron chi connectivity index (χ1n) is 6.84. The molecule has 0 saturated carbocycles. The van der Waals surface area contributed by atoms with E-state index in [0.717, 1.165) is 30.6 Å². The number of rotatable bonds is 2. The number of para-hydroxylation sites is 1. The van der Waals surface area contributed by atoms with Gasteiger partial charge in [0.2, 0.25) is 0 Å². The summed E-state index contributed by atoms with van der Waals surface area (Å²) in [6.45, 7) is 5.69. The topological polar surface area (TPSA) is 23.6 Å². The smallest absolute Gasteiger partial charge is 0.152 e. The van der Waals surface area contributed by atoms with Crippen LogP contribution < -0.4 is 4.90 Å². The van der Waals surface area contributed by atoms with Crippen LogP contribution in [0, 0.1) is 0 Å². The molecule has 0 aliphatic carbocycles. The molecule has 2 aliphatic rings. The fraction of sp³-hybridized carbons (Fsp3) is 0.533. The second-order valence-corrected chi connectivity index (χ2v) is 5.47. The predicted octanol–water partition coefficient (Wildman–Crippen LogP) is 2.17. The molecule has 0 amide bonds. The summed E-state index contributed by atoms with van der Waals surface area (Å²) in [6, 6.07) is 9.11. The molecular formula is C15H20N2O. The lowest BCUT2D eigenvalue weighted by Gasteiger charge is -2.44. The van der Waals surface area contributed by atoms with Gasteiger partial charge in [0.1, 0.15) is 0 Å². The summed E-state index contributed by atoms with van der Waals surface area (Å²) in [4.78, 5) is 16.2. The van der Waals surface area contributed by atoms with Gasteiger partial charge in [-0.15, -0.1) is 0 Å². The van der Waals surface area contributed by atoms with E-state index in [1.54, 1.807) is 0 Å². The van der Waals surface area contributed by atoms with Crippen LogP contribution in [0.15, 0.2) is 24.3 Å². The van der Waals surface area contributed by atoms with Gasteiger partial charge >= 0.3 is 0 Å². The van der Waals surface area contributed by atoms with Crippen molar-refractivity contribution in [2.45, 2.75) is 31.8 Å². The lowest BCUT2D eigenvalue weighted by molar-refractivity contribution is 0.112. The maximum Gasteiger partial charge on any atom is 0.152 e. The van der Waals surface area contributed by atoms with Crippen molar-refractivity contribution in [3.05, 3.63) is 29.8 Å². The van der Waals surface area contributed by atoms with Gasteiger partial charge in [-0.2, -0.15) is 0 Å². The van der Waals surface area contributed by atoms with Crippen LogP contribution in [-0.4, -0.2) is 42.9 Å². The van der Waals surface area contributed by atoms with E-state index in [2.05, 4.69) is 22.8 Å². The van der Waals surface area contributed by atoms with Crippen LogP contribution >= 0.6 is 0 Å². The molecule has 96 valence electrons. The zero-order valence-electron chi connectivity index (χ0n) is 10.9. The molecule has 2 atom stereocenters. The number of fused-ring (bicyclic) bond motifs is 1. The Morgan fingerprint density at radius 2 is 2.11 bits per heavy atom. The Morgan fingerprint density at radius 1 is 1.28 bits per heavy atom. The molecule has 2 fully saturated rings. The van der Waals surface area contributed by atoms with E-state index in [-0.39, 0.29) is 0 Å². The van der Waals surface area contributed by atoms with Gasteiger partial charge in [-0.1, -0.05) is 12.1 Å². The summed E-state index contributed by atoms with van der Waals surface area (Å²) < 4.78 is 0. The standard InChI is InChI=1S/C15H20N2O/c1-12-9-16-8-4-6-14(16)10-17(12)15-7-3-2-5-13(15)11-18/h2-3,5,7,11-12,14H,4,6,8-10H2,1H3. The minimum atomic E-state index is 0.487. The minimum absolute atomic E-state index is 0.487. The monoisotopic (exact) mass is 244 g/mol. The number of aldehydes is 1. The number of anilines is 1. The fourth-order valence-corrected chi connectivity index (χ4v) is 3.37. The van der Waals surface area contributed by atoms with Gasteiger partial charge in [0.15, 0.2) is 6.29 Å². The van der Waals surface area contributed by atoms with Crippen LogP contribution in [-0.2, 0) is 0 Å². The molecule has 2 heterocycles. The largest absolute Gasteiger partial charge is 0.365 e. The van der Waals surface area contributed by atoms with Crippen LogP contribution in [0.5, 0.6) is 0 Å². The van der Waals surface area contributed by atoms with Crippen LogP contribution in [0.2, 0.25) is 0 Å². The van der Waals surface area contributed by atoms with Crippen molar-refractivity contribution < 1.29 is 4.79 Å². The Hall–Kier alpha value is -1.35. The third kappa shape index (κ3) is 1.93. The van der Waals surface area contributed by atoms with E-state index in [0.29, 0.717) is 12.1 Å². The Morgan fingerprint density at radius 3 is 2.94 bits per heavy atom. The number of piperazine rings is 1. The average molecular weight is 244 g/mol. The summed E-state index contributed by atoms with van der Waals surface area (Å²) in [5, 5.41) is 0. The van der Waals surface area contributed by atoms with Gasteiger partial charge in [-0.25, -0.2) is 0 Å². The summed E-state index contributed by atoms with van der Waals surface area (Å²) in [5.41, 5.74) is 1.92. The first-order chi connectivity index (χ1) is 8.79. The molecule has 3 nitrogen and oxygen atoms in total. The summed E-state index contributed by atoms with van der Waals surface area (Å²) in [5.74, 6) is 0. The molecule has 3 heteroatoms. The number of carbonyl (C=O) groups excluding carboxylic acids is 1. The number of carbonyl (C=O) groups is 1. The summed E-state index contributed by atoms with van der Waals surface area (Å²) >= 11 is 0. The summed E-state index contributed by atoms with van der Waals surface area (Å²) in [6.07, 6.45) is 3.59. The highest BCUT2D eigenvalue weighted by Crippen LogP contribution is 2.29. The molecule has 1 aromatic rings. The molecule has 0 N–H and O–H groups in total. The van der Waals surface area contributed by atoms with Crippen molar-refractivity contribution in [1.82, 2.24) is 4.90 Å². The highest BCUT2D eigenvalue weighted by Gasteiger charge is 2.34.